The van der Waals surface area contributed by atoms with E-state index in [0.29, 0.717) is 0 Å². The highest BCUT2D eigenvalue weighted by Gasteiger charge is 2.10. The second-order valence-corrected chi connectivity index (χ2v) is 4.17. The third-order valence-corrected chi connectivity index (χ3v) is 3.11. The molecule has 1 aromatic carbocycles. The van der Waals surface area contributed by atoms with Crippen LogP contribution in [0.1, 0.15) is 17.5 Å². The van der Waals surface area contributed by atoms with Crippen LogP contribution >= 0.6 is 0 Å². The van der Waals surface area contributed by atoms with Gasteiger partial charge in [0.1, 0.15) is 0 Å². The fraction of sp³-hybridized carbons (Fsp3) is 0.125. The van der Waals surface area contributed by atoms with Crippen LogP contribution in [0.4, 0.5) is 0 Å². The molecule has 0 bridgehead atoms. The fourth-order valence-corrected chi connectivity index (χ4v) is 2.31. The van der Waals surface area contributed by atoms with Gasteiger partial charge in [-0.1, -0.05) is 60.7 Å². The molecule has 0 saturated carbocycles. The minimum absolute atomic E-state index is 1.03. The molecule has 0 N–H and O–H groups in total. The predicted octanol–water partition coefficient (Wildman–Crippen LogP) is 4.07. The quantitative estimate of drug-likeness (QED) is 0.600. The molecule has 0 saturated heterocycles. The lowest BCUT2D eigenvalue weighted by molar-refractivity contribution is 1.26. The van der Waals surface area contributed by atoms with E-state index in [1.165, 1.54) is 22.3 Å². The van der Waals surface area contributed by atoms with Crippen LogP contribution in [0.25, 0.3) is 5.57 Å². The highest BCUT2D eigenvalue weighted by Crippen LogP contribution is 2.30. The van der Waals surface area contributed by atoms with Crippen molar-refractivity contribution in [3.05, 3.63) is 77.4 Å². The second kappa shape index (κ2) is 3.97. The zero-order valence-electron chi connectivity index (χ0n) is 9.19. The van der Waals surface area contributed by atoms with Crippen LogP contribution in [0.2, 0.25) is 0 Å². The highest BCUT2D eigenvalue weighted by molar-refractivity contribution is 5.83. The van der Waals surface area contributed by atoms with Crippen LogP contribution < -0.4 is 0 Å². The van der Waals surface area contributed by atoms with Crippen LogP contribution in [-0.2, 0) is 6.42 Å². The van der Waals surface area contributed by atoms with Crippen molar-refractivity contribution in [2.24, 2.45) is 0 Å². The molecule has 0 aliphatic heterocycles. The minimum atomic E-state index is 1.03. The van der Waals surface area contributed by atoms with Crippen molar-refractivity contribution in [3.8, 4) is 0 Å². The van der Waals surface area contributed by atoms with E-state index in [1.807, 2.05) is 0 Å². The van der Waals surface area contributed by atoms with Crippen LogP contribution in [-0.4, -0.2) is 0 Å². The van der Waals surface area contributed by atoms with Gasteiger partial charge < -0.3 is 0 Å². The molecule has 0 atom stereocenters. The smallest absolute Gasteiger partial charge is 0.00879 e. The van der Waals surface area contributed by atoms with E-state index in [0.717, 1.165) is 12.8 Å². The lowest BCUT2D eigenvalue weighted by atomic mass is 9.96. The van der Waals surface area contributed by atoms with Gasteiger partial charge in [0.25, 0.3) is 0 Å². The molecule has 16 heavy (non-hydrogen) atoms. The van der Waals surface area contributed by atoms with E-state index < -0.39 is 0 Å². The largest absolute Gasteiger partial charge is 0.0801 e. The zero-order chi connectivity index (χ0) is 10.8. The number of fused-ring (bicyclic) bond motifs is 2. The summed E-state index contributed by atoms with van der Waals surface area (Å²) in [6.07, 6.45) is 15.5. The Bertz CT molecular complexity index is 525. The van der Waals surface area contributed by atoms with E-state index in [-0.39, 0.29) is 0 Å². The van der Waals surface area contributed by atoms with E-state index in [1.54, 1.807) is 0 Å². The van der Waals surface area contributed by atoms with Crippen molar-refractivity contribution in [1.82, 2.24) is 0 Å². The molecule has 3 rings (SSSR count). The molecule has 0 amide bonds. The highest BCUT2D eigenvalue weighted by atomic mass is 14.1. The van der Waals surface area contributed by atoms with Crippen molar-refractivity contribution in [3.63, 3.8) is 0 Å². The zero-order valence-corrected chi connectivity index (χ0v) is 9.19. The summed E-state index contributed by atoms with van der Waals surface area (Å²) in [5.74, 6) is 0. The number of allylic oxidation sites excluding steroid dienone is 8. The monoisotopic (exact) mass is 206 g/mol. The predicted molar refractivity (Wildman–Crippen MR) is 69.1 cm³/mol. The number of hydrogen-bond acceptors (Lipinski definition) is 0. The molecule has 0 aromatic heterocycles. The average Bonchev–Trinajstić information content (AvgIpc) is 2.62. The Morgan fingerprint density at radius 3 is 2.62 bits per heavy atom. The molecule has 0 nitrogen and oxygen atoms in total. The first-order valence-corrected chi connectivity index (χ1v) is 5.77. The maximum absolute atomic E-state index is 2.25. The second-order valence-electron chi connectivity index (χ2n) is 4.17. The Balaban J connectivity index is 2.26. The summed E-state index contributed by atoms with van der Waals surface area (Å²) in [6, 6.07) is 8.69. The normalized spacial score (nSPS) is 17.8. The summed E-state index contributed by atoms with van der Waals surface area (Å²) in [7, 11) is 0. The standard InChI is InChI=1S/C16H14/c1-2-7-13-9-6-10-14-8-4-5-12-16(14)15(13)11-3-1/h2-9,11-12H,1,10H2. The summed E-state index contributed by atoms with van der Waals surface area (Å²) in [5.41, 5.74) is 5.49. The number of rotatable bonds is 0. The lowest BCUT2D eigenvalue weighted by Crippen LogP contribution is -1.89. The fourth-order valence-electron chi connectivity index (χ4n) is 2.31. The van der Waals surface area contributed by atoms with E-state index >= 15 is 0 Å². The first-order chi connectivity index (χ1) is 7.95. The SMILES string of the molecule is C1=CC2=C(C=CC1)c1ccccc1CC=C2. The third kappa shape index (κ3) is 1.57. The van der Waals surface area contributed by atoms with Crippen LogP contribution in [0.3, 0.4) is 0 Å². The molecule has 1 aromatic rings. The van der Waals surface area contributed by atoms with Gasteiger partial charge in [-0.3, -0.25) is 0 Å². The molecule has 2 aliphatic rings. The average molecular weight is 206 g/mol. The molecule has 0 radical (unpaired) electrons. The van der Waals surface area contributed by atoms with Crippen LogP contribution in [0.15, 0.2) is 66.3 Å². The molecule has 0 fully saturated rings. The molecule has 0 heterocycles. The van der Waals surface area contributed by atoms with Gasteiger partial charge in [0.2, 0.25) is 0 Å². The Hall–Kier alpha value is -1.82. The van der Waals surface area contributed by atoms with Gasteiger partial charge in [-0.05, 0) is 35.1 Å². The molecule has 0 spiro atoms. The molecule has 0 heteroatoms. The summed E-state index contributed by atoms with van der Waals surface area (Å²) < 4.78 is 0. The van der Waals surface area contributed by atoms with Crippen molar-refractivity contribution < 1.29 is 0 Å². The lowest BCUT2D eigenvalue weighted by Gasteiger charge is -2.08. The van der Waals surface area contributed by atoms with Gasteiger partial charge in [0.05, 0.1) is 0 Å². The number of hydrogen-bond donors (Lipinski definition) is 0. The van der Waals surface area contributed by atoms with Gasteiger partial charge in [-0.2, -0.15) is 0 Å². The number of benzene rings is 1. The Labute approximate surface area is 96.3 Å². The Morgan fingerprint density at radius 1 is 0.812 bits per heavy atom. The van der Waals surface area contributed by atoms with Crippen LogP contribution in [0, 0.1) is 0 Å². The molecule has 78 valence electrons. The van der Waals surface area contributed by atoms with Gasteiger partial charge in [0, 0.05) is 0 Å². The van der Waals surface area contributed by atoms with Crippen molar-refractivity contribution in [1.29, 1.82) is 0 Å². The minimum Gasteiger partial charge on any atom is -0.0801 e. The molecular formula is C16H14. The third-order valence-electron chi connectivity index (χ3n) is 3.11. The first-order valence-electron chi connectivity index (χ1n) is 5.77. The topological polar surface area (TPSA) is 0 Å². The Kier molecular flexibility index (Phi) is 2.34. The first kappa shape index (κ1) is 9.41. The Morgan fingerprint density at radius 2 is 1.62 bits per heavy atom. The van der Waals surface area contributed by atoms with Crippen molar-refractivity contribution in [2.75, 3.05) is 0 Å². The van der Waals surface area contributed by atoms with Crippen molar-refractivity contribution >= 4 is 5.57 Å². The van der Waals surface area contributed by atoms with E-state index in [2.05, 4.69) is 60.7 Å². The molecule has 0 unspecified atom stereocenters. The summed E-state index contributed by atoms with van der Waals surface area (Å²) in [5, 5.41) is 0. The van der Waals surface area contributed by atoms with Gasteiger partial charge in [-0.15, -0.1) is 0 Å². The maximum atomic E-state index is 2.25. The summed E-state index contributed by atoms with van der Waals surface area (Å²) >= 11 is 0. The summed E-state index contributed by atoms with van der Waals surface area (Å²) in [4.78, 5) is 0. The van der Waals surface area contributed by atoms with Crippen LogP contribution in [0.5, 0.6) is 0 Å². The molecular weight excluding hydrogens is 192 g/mol. The van der Waals surface area contributed by atoms with Gasteiger partial charge >= 0.3 is 0 Å². The van der Waals surface area contributed by atoms with E-state index in [9.17, 15) is 0 Å². The van der Waals surface area contributed by atoms with Gasteiger partial charge in [0.15, 0.2) is 0 Å². The van der Waals surface area contributed by atoms with Gasteiger partial charge in [-0.25, -0.2) is 0 Å². The summed E-state index contributed by atoms with van der Waals surface area (Å²) in [6.45, 7) is 0. The van der Waals surface area contributed by atoms with E-state index in [4.69, 9.17) is 0 Å². The molecule has 2 aliphatic carbocycles. The maximum Gasteiger partial charge on any atom is -0.00879 e. The van der Waals surface area contributed by atoms with Crippen molar-refractivity contribution in [2.45, 2.75) is 12.8 Å².